The van der Waals surface area contributed by atoms with Gasteiger partial charge in [-0.2, -0.15) is 5.10 Å². The van der Waals surface area contributed by atoms with Crippen molar-refractivity contribution in [2.24, 2.45) is 0 Å². The second-order valence-electron chi connectivity index (χ2n) is 5.22. The molecule has 4 heteroatoms. The monoisotopic (exact) mass is 326 g/mol. The van der Waals surface area contributed by atoms with E-state index in [9.17, 15) is 0 Å². The molecule has 1 N–H and O–H groups in total. The molecule has 0 spiro atoms. The maximum absolute atomic E-state index is 4.47. The van der Waals surface area contributed by atoms with Gasteiger partial charge >= 0.3 is 0 Å². The summed E-state index contributed by atoms with van der Waals surface area (Å²) in [5.74, 6) is 0. The minimum Gasteiger partial charge on any atom is -0.276 e. The molecular weight excluding hydrogens is 308 g/mol. The fourth-order valence-corrected chi connectivity index (χ4v) is 4.09. The van der Waals surface area contributed by atoms with E-state index in [4.69, 9.17) is 0 Å². The normalized spacial score (nSPS) is 10.9. The molecule has 2 aromatic carbocycles. The first-order chi connectivity index (χ1) is 10.7. The summed E-state index contributed by atoms with van der Waals surface area (Å²) in [5, 5.41) is 8.72. The van der Waals surface area contributed by atoms with Crippen LogP contribution in [0, 0.1) is 13.8 Å². The Morgan fingerprint density at radius 1 is 0.955 bits per heavy atom. The quantitative estimate of drug-likeness (QED) is 0.636. The third kappa shape index (κ3) is 3.23. The molecule has 2 nitrogen and oxygen atoms in total. The zero-order valence-corrected chi connectivity index (χ0v) is 14.5. The largest absolute Gasteiger partial charge is 0.276 e. The lowest BCUT2D eigenvalue weighted by atomic mass is 10.1. The van der Waals surface area contributed by atoms with E-state index in [-0.39, 0.29) is 0 Å². The van der Waals surface area contributed by atoms with Crippen LogP contribution in [0.1, 0.15) is 11.1 Å². The highest BCUT2D eigenvalue weighted by Crippen LogP contribution is 2.40. The summed E-state index contributed by atoms with van der Waals surface area (Å²) in [6.07, 6.45) is 2.06. The molecule has 1 aromatic heterocycles. The number of H-pyrrole nitrogens is 1. The smallest absolute Gasteiger partial charge is 0.132 e. The first-order valence-corrected chi connectivity index (χ1v) is 9.15. The lowest BCUT2D eigenvalue weighted by Crippen LogP contribution is -1.83. The first-order valence-electron chi connectivity index (χ1n) is 7.11. The fourth-order valence-electron chi connectivity index (χ4n) is 2.26. The Kier molecular flexibility index (Phi) is 4.60. The number of rotatable bonds is 4. The van der Waals surface area contributed by atoms with Crippen molar-refractivity contribution in [3.8, 4) is 11.3 Å². The van der Waals surface area contributed by atoms with Crippen LogP contribution in [0.15, 0.2) is 63.3 Å². The van der Waals surface area contributed by atoms with Gasteiger partial charge in [0.15, 0.2) is 0 Å². The second kappa shape index (κ2) is 6.63. The average Bonchev–Trinajstić information content (AvgIpc) is 2.91. The van der Waals surface area contributed by atoms with Crippen molar-refractivity contribution >= 4 is 23.5 Å². The number of hydrogen-bond acceptors (Lipinski definition) is 3. The van der Waals surface area contributed by atoms with E-state index in [1.54, 1.807) is 23.5 Å². The fraction of sp³-hybridized carbons (Fsp3) is 0.167. The van der Waals surface area contributed by atoms with E-state index in [0.29, 0.717) is 0 Å². The van der Waals surface area contributed by atoms with Crippen LogP contribution in [0.25, 0.3) is 11.3 Å². The Bertz CT molecular complexity index is 776. The van der Waals surface area contributed by atoms with Crippen LogP contribution in [0.4, 0.5) is 0 Å². The minimum absolute atomic E-state index is 1.04. The molecule has 0 aliphatic heterocycles. The molecule has 0 atom stereocenters. The maximum Gasteiger partial charge on any atom is 0.132 e. The molecule has 0 bridgehead atoms. The number of nitrogens with one attached hydrogen (secondary N) is 1. The van der Waals surface area contributed by atoms with Gasteiger partial charge in [-0.15, -0.1) is 11.8 Å². The first kappa shape index (κ1) is 15.3. The van der Waals surface area contributed by atoms with Crippen LogP contribution in [-0.4, -0.2) is 16.5 Å². The highest BCUT2D eigenvalue weighted by atomic mass is 32.2. The van der Waals surface area contributed by atoms with E-state index >= 15 is 0 Å². The molecule has 22 heavy (non-hydrogen) atoms. The highest BCUT2D eigenvalue weighted by molar-refractivity contribution is 8.02. The summed E-state index contributed by atoms with van der Waals surface area (Å²) >= 11 is 3.45. The molecular formula is C18H18N2S2. The van der Waals surface area contributed by atoms with Crippen molar-refractivity contribution in [2.45, 2.75) is 28.7 Å². The molecule has 0 saturated heterocycles. The Balaban J connectivity index is 2.02. The third-order valence-electron chi connectivity index (χ3n) is 3.43. The van der Waals surface area contributed by atoms with Crippen molar-refractivity contribution in [1.29, 1.82) is 0 Å². The van der Waals surface area contributed by atoms with Gasteiger partial charge < -0.3 is 0 Å². The molecule has 0 fully saturated rings. The molecule has 112 valence electrons. The van der Waals surface area contributed by atoms with Crippen LogP contribution in [0.3, 0.4) is 0 Å². The van der Waals surface area contributed by atoms with Gasteiger partial charge in [-0.1, -0.05) is 59.3 Å². The molecule has 3 rings (SSSR count). The average molecular weight is 326 g/mol. The summed E-state index contributed by atoms with van der Waals surface area (Å²) in [7, 11) is 0. The van der Waals surface area contributed by atoms with Gasteiger partial charge in [0.2, 0.25) is 0 Å². The van der Waals surface area contributed by atoms with Gasteiger partial charge in [0.25, 0.3) is 0 Å². The van der Waals surface area contributed by atoms with Crippen LogP contribution < -0.4 is 0 Å². The molecule has 0 aliphatic carbocycles. The molecule has 0 saturated carbocycles. The topological polar surface area (TPSA) is 28.7 Å². The Morgan fingerprint density at radius 2 is 1.73 bits per heavy atom. The number of nitrogens with zero attached hydrogens (tertiary/aromatic N) is 1. The number of hydrogen-bond donors (Lipinski definition) is 1. The van der Waals surface area contributed by atoms with E-state index < -0.39 is 0 Å². The van der Waals surface area contributed by atoms with Crippen LogP contribution in [0.2, 0.25) is 0 Å². The van der Waals surface area contributed by atoms with Crippen molar-refractivity contribution in [3.63, 3.8) is 0 Å². The Labute approximate surface area is 139 Å². The van der Waals surface area contributed by atoms with Gasteiger partial charge in [0.05, 0.1) is 10.6 Å². The Hall–Kier alpha value is -1.65. The van der Waals surface area contributed by atoms with Gasteiger partial charge in [-0.25, -0.2) is 0 Å². The molecule has 0 radical (unpaired) electrons. The standard InChI is InChI=1S/C18H18N2S2/c1-12-7-9-14(10-8-12)16-17(18(21-3)20-19-16)22-15-6-4-5-13(2)11-15/h4-11H,1-3H3,(H,19,20). The lowest BCUT2D eigenvalue weighted by molar-refractivity contribution is 0.993. The number of thioether (sulfide) groups is 1. The van der Waals surface area contributed by atoms with Crippen molar-refractivity contribution in [2.75, 3.05) is 6.26 Å². The van der Waals surface area contributed by atoms with E-state index in [1.165, 1.54) is 26.5 Å². The lowest BCUT2D eigenvalue weighted by Gasteiger charge is -2.06. The summed E-state index contributed by atoms with van der Waals surface area (Å²) in [5.41, 5.74) is 4.81. The molecule has 0 aliphatic rings. The summed E-state index contributed by atoms with van der Waals surface area (Å²) in [4.78, 5) is 2.44. The minimum atomic E-state index is 1.04. The molecule has 3 aromatic rings. The third-order valence-corrected chi connectivity index (χ3v) is 5.34. The van der Waals surface area contributed by atoms with Crippen molar-refractivity contribution in [3.05, 3.63) is 59.7 Å². The zero-order chi connectivity index (χ0) is 15.5. The van der Waals surface area contributed by atoms with E-state index in [0.717, 1.165) is 10.7 Å². The maximum atomic E-state index is 4.47. The van der Waals surface area contributed by atoms with Gasteiger partial charge in [-0.05, 0) is 32.2 Å². The Morgan fingerprint density at radius 3 is 2.41 bits per heavy atom. The molecule has 1 heterocycles. The van der Waals surface area contributed by atoms with Crippen LogP contribution in [-0.2, 0) is 0 Å². The van der Waals surface area contributed by atoms with Gasteiger partial charge in [-0.3, -0.25) is 5.10 Å². The number of aromatic nitrogens is 2. The van der Waals surface area contributed by atoms with E-state index in [1.807, 2.05) is 0 Å². The number of benzene rings is 2. The van der Waals surface area contributed by atoms with Crippen molar-refractivity contribution < 1.29 is 0 Å². The second-order valence-corrected chi connectivity index (χ2v) is 7.10. The predicted octanol–water partition coefficient (Wildman–Crippen LogP) is 5.57. The molecule has 0 unspecified atom stereocenters. The summed E-state index contributed by atoms with van der Waals surface area (Å²) in [6, 6.07) is 17.1. The number of aromatic amines is 1. The van der Waals surface area contributed by atoms with Crippen LogP contribution >= 0.6 is 23.5 Å². The van der Waals surface area contributed by atoms with Gasteiger partial charge in [0.1, 0.15) is 5.03 Å². The van der Waals surface area contributed by atoms with Gasteiger partial charge in [0, 0.05) is 10.5 Å². The highest BCUT2D eigenvalue weighted by Gasteiger charge is 2.15. The number of aryl methyl sites for hydroxylation is 2. The predicted molar refractivity (Wildman–Crippen MR) is 95.8 cm³/mol. The molecule has 0 amide bonds. The van der Waals surface area contributed by atoms with E-state index in [2.05, 4.69) is 78.8 Å². The SMILES string of the molecule is CSc1n[nH]c(-c2ccc(C)cc2)c1Sc1cccc(C)c1. The summed E-state index contributed by atoms with van der Waals surface area (Å²) < 4.78 is 0. The summed E-state index contributed by atoms with van der Waals surface area (Å²) in [6.45, 7) is 4.22. The zero-order valence-electron chi connectivity index (χ0n) is 12.9. The van der Waals surface area contributed by atoms with Crippen molar-refractivity contribution in [1.82, 2.24) is 10.2 Å². The van der Waals surface area contributed by atoms with Crippen LogP contribution in [0.5, 0.6) is 0 Å².